The van der Waals surface area contributed by atoms with E-state index in [4.69, 9.17) is 11.0 Å². The Morgan fingerprint density at radius 2 is 2.16 bits per heavy atom. The highest BCUT2D eigenvalue weighted by atomic mass is 32.2. The second kappa shape index (κ2) is 6.15. The minimum atomic E-state index is -4.01. The average molecular weight is 285 g/mol. The smallest absolute Gasteiger partial charge is 0.235 e. The molecule has 0 fully saturated rings. The molecule has 0 saturated heterocycles. The standard InChI is InChI=1S/C11H12FN3O3S/c12-8-2-3-9(14)10(6-8)19(17,18)7-11(16)15-5-1-4-13/h2-3,6H,1,5,7,14H2,(H,15,16). The van der Waals surface area contributed by atoms with Gasteiger partial charge in [-0.2, -0.15) is 5.26 Å². The van der Waals surface area contributed by atoms with Gasteiger partial charge in [0.1, 0.15) is 11.6 Å². The topological polar surface area (TPSA) is 113 Å². The molecular formula is C11H12FN3O3S. The van der Waals surface area contributed by atoms with Crippen LogP contribution < -0.4 is 11.1 Å². The van der Waals surface area contributed by atoms with Crippen LogP contribution in [0.3, 0.4) is 0 Å². The zero-order valence-corrected chi connectivity index (χ0v) is 10.7. The Balaban J connectivity index is 2.84. The van der Waals surface area contributed by atoms with E-state index in [1.807, 2.05) is 0 Å². The van der Waals surface area contributed by atoms with Crippen LogP contribution in [-0.2, 0) is 14.6 Å². The highest BCUT2D eigenvalue weighted by Crippen LogP contribution is 2.20. The van der Waals surface area contributed by atoms with Crippen molar-refractivity contribution in [1.82, 2.24) is 5.32 Å². The number of carbonyl (C=O) groups excluding carboxylic acids is 1. The molecule has 1 amide bonds. The molecule has 0 spiro atoms. The normalized spacial score (nSPS) is 10.7. The van der Waals surface area contributed by atoms with Crippen molar-refractivity contribution in [3.8, 4) is 6.07 Å². The first-order valence-electron chi connectivity index (χ1n) is 5.28. The third kappa shape index (κ3) is 4.22. The van der Waals surface area contributed by atoms with E-state index in [9.17, 15) is 17.6 Å². The van der Waals surface area contributed by atoms with Gasteiger partial charge < -0.3 is 11.1 Å². The molecule has 0 heterocycles. The van der Waals surface area contributed by atoms with Gasteiger partial charge in [-0.05, 0) is 18.2 Å². The molecule has 0 aliphatic rings. The number of amides is 1. The molecule has 0 unspecified atom stereocenters. The number of benzene rings is 1. The van der Waals surface area contributed by atoms with Crippen molar-refractivity contribution < 1.29 is 17.6 Å². The van der Waals surface area contributed by atoms with Crippen molar-refractivity contribution in [1.29, 1.82) is 5.26 Å². The Hall–Kier alpha value is -2.14. The maximum absolute atomic E-state index is 13.0. The van der Waals surface area contributed by atoms with Crippen molar-refractivity contribution in [2.45, 2.75) is 11.3 Å². The van der Waals surface area contributed by atoms with E-state index >= 15 is 0 Å². The Kier molecular flexibility index (Phi) is 4.83. The number of halogens is 1. The number of hydrogen-bond acceptors (Lipinski definition) is 5. The maximum atomic E-state index is 13.0. The van der Waals surface area contributed by atoms with Crippen LogP contribution in [0.1, 0.15) is 6.42 Å². The maximum Gasteiger partial charge on any atom is 0.235 e. The number of nitriles is 1. The van der Waals surface area contributed by atoms with Gasteiger partial charge >= 0.3 is 0 Å². The molecule has 0 aliphatic heterocycles. The molecule has 102 valence electrons. The van der Waals surface area contributed by atoms with Crippen LogP contribution in [0, 0.1) is 17.1 Å². The molecule has 0 bridgehead atoms. The fraction of sp³-hybridized carbons (Fsp3) is 0.273. The number of anilines is 1. The molecule has 8 heteroatoms. The summed E-state index contributed by atoms with van der Waals surface area (Å²) in [5.74, 6) is -2.36. The average Bonchev–Trinajstić information content (AvgIpc) is 2.32. The van der Waals surface area contributed by atoms with E-state index in [1.54, 1.807) is 6.07 Å². The Morgan fingerprint density at radius 3 is 2.79 bits per heavy atom. The number of nitrogen functional groups attached to an aromatic ring is 1. The van der Waals surface area contributed by atoms with E-state index in [2.05, 4.69) is 5.32 Å². The lowest BCUT2D eigenvalue weighted by Gasteiger charge is -2.07. The van der Waals surface area contributed by atoms with Crippen LogP contribution in [0.4, 0.5) is 10.1 Å². The predicted molar refractivity (Wildman–Crippen MR) is 66.1 cm³/mol. The summed E-state index contributed by atoms with van der Waals surface area (Å²) in [5.41, 5.74) is 5.33. The summed E-state index contributed by atoms with van der Waals surface area (Å²) in [6, 6.07) is 4.72. The minimum absolute atomic E-state index is 0.0590. The number of rotatable bonds is 5. The second-order valence-electron chi connectivity index (χ2n) is 3.70. The molecule has 0 aliphatic carbocycles. The molecule has 0 aromatic heterocycles. The number of nitrogens with one attached hydrogen (secondary N) is 1. The van der Waals surface area contributed by atoms with Crippen molar-refractivity contribution in [3.63, 3.8) is 0 Å². The fourth-order valence-corrected chi connectivity index (χ4v) is 2.66. The third-order valence-corrected chi connectivity index (χ3v) is 3.86. The molecule has 6 nitrogen and oxygen atoms in total. The van der Waals surface area contributed by atoms with E-state index in [-0.39, 0.29) is 18.7 Å². The number of nitrogens with zero attached hydrogens (tertiary/aromatic N) is 1. The van der Waals surface area contributed by atoms with E-state index in [0.29, 0.717) is 0 Å². The second-order valence-corrected chi connectivity index (χ2v) is 5.66. The first-order chi connectivity index (χ1) is 8.86. The van der Waals surface area contributed by atoms with Crippen molar-refractivity contribution in [2.24, 2.45) is 0 Å². The van der Waals surface area contributed by atoms with Gasteiger partial charge in [-0.3, -0.25) is 4.79 Å². The van der Waals surface area contributed by atoms with Crippen molar-refractivity contribution in [3.05, 3.63) is 24.0 Å². The first kappa shape index (κ1) is 14.9. The van der Waals surface area contributed by atoms with Gasteiger partial charge in [-0.1, -0.05) is 0 Å². The Morgan fingerprint density at radius 1 is 1.47 bits per heavy atom. The van der Waals surface area contributed by atoms with Gasteiger partial charge in [0.2, 0.25) is 5.91 Å². The highest BCUT2D eigenvalue weighted by Gasteiger charge is 2.22. The molecule has 1 aromatic rings. The van der Waals surface area contributed by atoms with Crippen LogP contribution in [0.25, 0.3) is 0 Å². The van der Waals surface area contributed by atoms with E-state index in [0.717, 1.165) is 18.2 Å². The van der Waals surface area contributed by atoms with Gasteiger partial charge in [-0.25, -0.2) is 12.8 Å². The zero-order valence-electron chi connectivity index (χ0n) is 9.89. The van der Waals surface area contributed by atoms with Crippen LogP contribution in [-0.4, -0.2) is 26.6 Å². The van der Waals surface area contributed by atoms with Gasteiger partial charge in [0, 0.05) is 6.54 Å². The third-order valence-electron chi connectivity index (χ3n) is 2.19. The monoisotopic (exact) mass is 285 g/mol. The number of nitrogens with two attached hydrogens (primary N) is 1. The lowest BCUT2D eigenvalue weighted by Crippen LogP contribution is -2.31. The number of sulfone groups is 1. The number of hydrogen-bond donors (Lipinski definition) is 2. The largest absolute Gasteiger partial charge is 0.398 e. The molecule has 19 heavy (non-hydrogen) atoms. The Labute approximate surface area is 109 Å². The fourth-order valence-electron chi connectivity index (χ4n) is 1.34. The Bertz CT molecular complexity index is 623. The molecule has 0 radical (unpaired) electrons. The van der Waals surface area contributed by atoms with Gasteiger partial charge in [0.05, 0.1) is 23.1 Å². The van der Waals surface area contributed by atoms with E-state index in [1.165, 1.54) is 0 Å². The lowest BCUT2D eigenvalue weighted by atomic mass is 10.3. The summed E-state index contributed by atoms with van der Waals surface area (Å²) < 4.78 is 36.8. The minimum Gasteiger partial charge on any atom is -0.398 e. The summed E-state index contributed by atoms with van der Waals surface area (Å²) in [6.45, 7) is 0.0590. The molecule has 3 N–H and O–H groups in total. The molecule has 0 saturated carbocycles. The van der Waals surface area contributed by atoms with Crippen LogP contribution in [0.15, 0.2) is 23.1 Å². The molecule has 1 rings (SSSR count). The summed E-state index contributed by atoms with van der Waals surface area (Å²) in [6.07, 6.45) is 0.0773. The highest BCUT2D eigenvalue weighted by molar-refractivity contribution is 7.92. The van der Waals surface area contributed by atoms with Crippen molar-refractivity contribution in [2.75, 3.05) is 18.0 Å². The van der Waals surface area contributed by atoms with Gasteiger partial charge in [-0.15, -0.1) is 0 Å². The van der Waals surface area contributed by atoms with Crippen LogP contribution in [0.5, 0.6) is 0 Å². The molecule has 1 aromatic carbocycles. The molecule has 0 atom stereocenters. The van der Waals surface area contributed by atoms with Crippen LogP contribution >= 0.6 is 0 Å². The van der Waals surface area contributed by atoms with Gasteiger partial charge in [0.15, 0.2) is 9.84 Å². The zero-order chi connectivity index (χ0) is 14.5. The van der Waals surface area contributed by atoms with Gasteiger partial charge in [0.25, 0.3) is 0 Å². The summed E-state index contributed by atoms with van der Waals surface area (Å²) >= 11 is 0. The summed E-state index contributed by atoms with van der Waals surface area (Å²) in [7, 11) is -4.01. The molecular weight excluding hydrogens is 273 g/mol. The SMILES string of the molecule is N#CCCNC(=O)CS(=O)(=O)c1cc(F)ccc1N. The lowest BCUT2D eigenvalue weighted by molar-refractivity contribution is -0.118. The van der Waals surface area contributed by atoms with Crippen molar-refractivity contribution >= 4 is 21.4 Å². The predicted octanol–water partition coefficient (Wildman–Crippen LogP) is 0.211. The quantitative estimate of drug-likeness (QED) is 0.593. The van der Waals surface area contributed by atoms with E-state index < -0.39 is 32.2 Å². The summed E-state index contributed by atoms with van der Waals surface area (Å²) in [4.78, 5) is 11.0. The number of carbonyl (C=O) groups is 1. The van der Waals surface area contributed by atoms with Crippen LogP contribution in [0.2, 0.25) is 0 Å². The summed E-state index contributed by atoms with van der Waals surface area (Å²) in [5, 5.41) is 10.5. The first-order valence-corrected chi connectivity index (χ1v) is 6.93.